The van der Waals surface area contributed by atoms with Gasteiger partial charge in [0.25, 0.3) is 0 Å². The summed E-state index contributed by atoms with van der Waals surface area (Å²) in [7, 11) is -1.34. The zero-order chi connectivity index (χ0) is 12.5. The molecule has 1 aliphatic rings. The van der Waals surface area contributed by atoms with Crippen molar-refractivity contribution in [1.29, 1.82) is 0 Å². The van der Waals surface area contributed by atoms with Gasteiger partial charge in [0.15, 0.2) is 9.84 Å². The van der Waals surface area contributed by atoms with E-state index in [0.717, 1.165) is 19.4 Å². The number of benzene rings is 1. The van der Waals surface area contributed by atoms with E-state index in [4.69, 9.17) is 0 Å². The lowest BCUT2D eigenvalue weighted by molar-refractivity contribution is 0.583. The molecule has 0 aliphatic carbocycles. The third-order valence-corrected chi connectivity index (χ3v) is 5.03. The maximum absolute atomic E-state index is 13.2. The second-order valence-corrected chi connectivity index (χ2v) is 6.41. The molecule has 1 heterocycles. The Morgan fingerprint density at radius 1 is 1.47 bits per heavy atom. The minimum absolute atomic E-state index is 0.0564. The number of hydrogen-bond acceptors (Lipinski definition) is 3. The highest BCUT2D eigenvalue weighted by Crippen LogP contribution is 2.37. The Bertz CT molecular complexity index is 513. The van der Waals surface area contributed by atoms with Crippen LogP contribution in [0.4, 0.5) is 4.39 Å². The number of halogens is 1. The first-order valence-electron chi connectivity index (χ1n) is 5.71. The predicted molar refractivity (Wildman–Crippen MR) is 64.4 cm³/mol. The maximum Gasteiger partial charge on any atom is 0.179 e. The molecule has 0 radical (unpaired) electrons. The predicted octanol–water partition coefficient (Wildman–Crippen LogP) is 1.70. The van der Waals surface area contributed by atoms with Crippen LogP contribution in [-0.2, 0) is 9.84 Å². The average Bonchev–Trinajstić information content (AvgIpc) is 2.51. The molecule has 2 rings (SSSR count). The average molecular weight is 257 g/mol. The normalized spacial score (nSPS) is 21.4. The lowest BCUT2D eigenvalue weighted by Crippen LogP contribution is -2.10. The minimum atomic E-state index is -3.20. The Kier molecular flexibility index (Phi) is 3.49. The molecule has 17 heavy (non-hydrogen) atoms. The summed E-state index contributed by atoms with van der Waals surface area (Å²) < 4.78 is 36.9. The topological polar surface area (TPSA) is 46.2 Å². The summed E-state index contributed by atoms with van der Waals surface area (Å²) in [5.74, 6) is -0.298. The summed E-state index contributed by atoms with van der Waals surface area (Å²) in [5.41, 5.74) is 0.654. The lowest BCUT2D eigenvalue weighted by Gasteiger charge is -2.09. The molecular formula is C12H16FNO2S. The zero-order valence-corrected chi connectivity index (χ0v) is 10.6. The van der Waals surface area contributed by atoms with Gasteiger partial charge in [0.05, 0.1) is 10.6 Å². The van der Waals surface area contributed by atoms with E-state index in [1.165, 1.54) is 18.2 Å². The monoisotopic (exact) mass is 257 g/mol. The first kappa shape index (κ1) is 12.5. The van der Waals surface area contributed by atoms with Crippen LogP contribution in [0.3, 0.4) is 0 Å². The van der Waals surface area contributed by atoms with Crippen LogP contribution < -0.4 is 5.32 Å². The van der Waals surface area contributed by atoms with E-state index in [1.807, 2.05) is 7.05 Å². The molecule has 0 spiro atoms. The van der Waals surface area contributed by atoms with Crippen LogP contribution in [-0.4, -0.2) is 27.8 Å². The molecule has 0 amide bonds. The van der Waals surface area contributed by atoms with Crippen molar-refractivity contribution < 1.29 is 12.8 Å². The quantitative estimate of drug-likeness (QED) is 0.659. The first-order valence-corrected chi connectivity index (χ1v) is 7.36. The van der Waals surface area contributed by atoms with Crippen molar-refractivity contribution in [3.63, 3.8) is 0 Å². The first-order chi connectivity index (χ1) is 8.04. The zero-order valence-electron chi connectivity index (χ0n) is 9.74. The van der Waals surface area contributed by atoms with Gasteiger partial charge in [0, 0.05) is 0 Å². The number of fused-ring (bicyclic) bond motifs is 1. The highest BCUT2D eigenvalue weighted by molar-refractivity contribution is 7.91. The second kappa shape index (κ2) is 4.74. The van der Waals surface area contributed by atoms with Gasteiger partial charge in [0.1, 0.15) is 5.82 Å². The van der Waals surface area contributed by atoms with Gasteiger partial charge in [-0.25, -0.2) is 12.8 Å². The molecule has 3 nitrogen and oxygen atoms in total. The lowest BCUT2D eigenvalue weighted by atomic mass is 9.96. The van der Waals surface area contributed by atoms with E-state index >= 15 is 0 Å². The van der Waals surface area contributed by atoms with Crippen LogP contribution >= 0.6 is 0 Å². The van der Waals surface area contributed by atoms with Gasteiger partial charge in [-0.1, -0.05) is 0 Å². The van der Waals surface area contributed by atoms with Gasteiger partial charge < -0.3 is 5.32 Å². The van der Waals surface area contributed by atoms with E-state index in [2.05, 4.69) is 5.32 Å². The number of nitrogens with one attached hydrogen (secondary N) is 1. The molecule has 1 aromatic carbocycles. The number of sulfone groups is 1. The van der Waals surface area contributed by atoms with Gasteiger partial charge in [-0.3, -0.25) is 0 Å². The largest absolute Gasteiger partial charge is 0.320 e. The Hall–Kier alpha value is -0.940. The Morgan fingerprint density at radius 2 is 2.24 bits per heavy atom. The van der Waals surface area contributed by atoms with E-state index < -0.39 is 9.84 Å². The standard InChI is InChI=1S/C12H16FNO2S/c1-14-6-2-3-9-8-17(15,16)12-5-4-10(13)7-11(9)12/h4-5,7,9,14H,2-3,6,8H2,1H3. The number of rotatable bonds is 4. The molecule has 1 unspecified atom stereocenters. The molecule has 1 aromatic rings. The van der Waals surface area contributed by atoms with Crippen LogP contribution in [0.2, 0.25) is 0 Å². The molecule has 0 saturated heterocycles. The molecule has 0 saturated carbocycles. The van der Waals surface area contributed by atoms with Crippen molar-refractivity contribution in [2.75, 3.05) is 19.3 Å². The Labute approximate surface area is 101 Å². The van der Waals surface area contributed by atoms with Gasteiger partial charge in [-0.05, 0) is 56.1 Å². The summed E-state index contributed by atoms with van der Waals surface area (Å²) in [6, 6.07) is 3.97. The van der Waals surface area contributed by atoms with Crippen LogP contribution in [0.25, 0.3) is 0 Å². The van der Waals surface area contributed by atoms with Crippen LogP contribution in [0.5, 0.6) is 0 Å². The SMILES string of the molecule is CNCCCC1CS(=O)(=O)c2ccc(F)cc21. The molecular weight excluding hydrogens is 241 g/mol. The molecule has 1 N–H and O–H groups in total. The van der Waals surface area contributed by atoms with Crippen LogP contribution in [0.1, 0.15) is 24.3 Å². The van der Waals surface area contributed by atoms with Crippen molar-refractivity contribution in [3.05, 3.63) is 29.6 Å². The highest BCUT2D eigenvalue weighted by Gasteiger charge is 2.34. The van der Waals surface area contributed by atoms with Crippen LogP contribution in [0, 0.1) is 5.82 Å². The molecule has 0 aromatic heterocycles. The fourth-order valence-corrected chi connectivity index (χ4v) is 4.25. The van der Waals surface area contributed by atoms with Crippen molar-refractivity contribution in [2.45, 2.75) is 23.7 Å². The highest BCUT2D eigenvalue weighted by atomic mass is 32.2. The van der Waals surface area contributed by atoms with E-state index in [9.17, 15) is 12.8 Å². The molecule has 0 bridgehead atoms. The van der Waals surface area contributed by atoms with Gasteiger partial charge in [-0.2, -0.15) is 0 Å². The van der Waals surface area contributed by atoms with Gasteiger partial charge >= 0.3 is 0 Å². The molecule has 94 valence electrons. The fraction of sp³-hybridized carbons (Fsp3) is 0.500. The van der Waals surface area contributed by atoms with Crippen LogP contribution in [0.15, 0.2) is 23.1 Å². The summed E-state index contributed by atoms with van der Waals surface area (Å²) in [6.45, 7) is 0.848. The molecule has 1 aliphatic heterocycles. The van der Waals surface area contributed by atoms with Gasteiger partial charge in [0.2, 0.25) is 0 Å². The van der Waals surface area contributed by atoms with Gasteiger partial charge in [-0.15, -0.1) is 0 Å². The molecule has 5 heteroatoms. The summed E-state index contributed by atoms with van der Waals surface area (Å²) >= 11 is 0. The smallest absolute Gasteiger partial charge is 0.179 e. The third-order valence-electron chi connectivity index (χ3n) is 3.15. The van der Waals surface area contributed by atoms with E-state index in [-0.39, 0.29) is 17.5 Å². The maximum atomic E-state index is 13.2. The summed E-state index contributed by atoms with van der Waals surface area (Å²) in [5, 5.41) is 3.02. The van der Waals surface area contributed by atoms with Crippen molar-refractivity contribution >= 4 is 9.84 Å². The Balaban J connectivity index is 2.26. The van der Waals surface area contributed by atoms with E-state index in [0.29, 0.717) is 10.5 Å². The van der Waals surface area contributed by atoms with Crippen molar-refractivity contribution in [1.82, 2.24) is 5.32 Å². The van der Waals surface area contributed by atoms with E-state index in [1.54, 1.807) is 0 Å². The number of hydrogen-bond donors (Lipinski definition) is 1. The Morgan fingerprint density at radius 3 is 2.94 bits per heavy atom. The molecule has 1 atom stereocenters. The summed E-state index contributed by atoms with van der Waals surface area (Å²) in [4.78, 5) is 0.313. The fourth-order valence-electron chi connectivity index (χ4n) is 2.33. The van der Waals surface area contributed by atoms with Crippen molar-refractivity contribution in [3.8, 4) is 0 Å². The van der Waals surface area contributed by atoms with Crippen molar-refractivity contribution in [2.24, 2.45) is 0 Å². The minimum Gasteiger partial charge on any atom is -0.320 e. The molecule has 0 fully saturated rings. The third kappa shape index (κ3) is 2.50. The summed E-state index contributed by atoms with van der Waals surface area (Å²) in [6.07, 6.45) is 1.67. The second-order valence-electron chi connectivity index (χ2n) is 4.41.